The molecule has 0 aliphatic heterocycles. The van der Waals surface area contributed by atoms with Crippen molar-refractivity contribution in [2.75, 3.05) is 0 Å². The second-order valence-electron chi connectivity index (χ2n) is 4.36. The van der Waals surface area contributed by atoms with Gasteiger partial charge in [-0.1, -0.05) is 36.4 Å². The molecule has 2 rings (SSSR count). The molecule has 1 atom stereocenters. The molecule has 1 N–H and O–H groups in total. The van der Waals surface area contributed by atoms with Gasteiger partial charge >= 0.3 is 6.18 Å². The zero-order valence-corrected chi connectivity index (χ0v) is 11.3. The topological polar surface area (TPSA) is 46.2 Å². The van der Waals surface area contributed by atoms with Crippen LogP contribution in [0.1, 0.15) is 6.92 Å². The first-order valence-electron chi connectivity index (χ1n) is 5.78. The molecule has 2 aromatic carbocycles. The Balaban J connectivity index is 2.48. The van der Waals surface area contributed by atoms with Crippen LogP contribution in [0.3, 0.4) is 0 Å². The summed E-state index contributed by atoms with van der Waals surface area (Å²) in [6, 6.07) is 8.94. The van der Waals surface area contributed by atoms with Crippen molar-refractivity contribution < 1.29 is 21.6 Å². The number of hydrogen-bond acceptors (Lipinski definition) is 2. The molecular formula is C13H12F3NO2S. The largest absolute Gasteiger partial charge is 0.404 e. The lowest BCUT2D eigenvalue weighted by Gasteiger charge is -2.18. The normalized spacial score (nSPS) is 14.4. The zero-order chi connectivity index (χ0) is 15.0. The molecule has 3 nitrogen and oxygen atoms in total. The van der Waals surface area contributed by atoms with Crippen LogP contribution in [0.5, 0.6) is 0 Å². The molecule has 20 heavy (non-hydrogen) atoms. The number of nitrogens with one attached hydrogen (secondary N) is 1. The molecule has 7 heteroatoms. The third-order valence-electron chi connectivity index (χ3n) is 2.86. The van der Waals surface area contributed by atoms with Crippen molar-refractivity contribution in [3.63, 3.8) is 0 Å². The van der Waals surface area contributed by atoms with Gasteiger partial charge in [-0.15, -0.1) is 0 Å². The minimum absolute atomic E-state index is 0.160. The maximum absolute atomic E-state index is 12.5. The second-order valence-corrected chi connectivity index (χ2v) is 6.04. The Bertz CT molecular complexity index is 720. The summed E-state index contributed by atoms with van der Waals surface area (Å²) in [5.41, 5.74) is 0. The highest BCUT2D eigenvalue weighted by atomic mass is 32.2. The van der Waals surface area contributed by atoms with Crippen molar-refractivity contribution in [1.82, 2.24) is 4.72 Å². The van der Waals surface area contributed by atoms with Crippen molar-refractivity contribution in [3.05, 3.63) is 42.5 Å². The number of rotatable bonds is 3. The lowest BCUT2D eigenvalue weighted by Crippen LogP contribution is -2.43. The molecule has 0 aliphatic rings. The first-order valence-corrected chi connectivity index (χ1v) is 7.27. The summed E-state index contributed by atoms with van der Waals surface area (Å²) in [5.74, 6) is 0. The van der Waals surface area contributed by atoms with Gasteiger partial charge in [-0.05, 0) is 18.4 Å². The van der Waals surface area contributed by atoms with Gasteiger partial charge in [-0.2, -0.15) is 17.9 Å². The quantitative estimate of drug-likeness (QED) is 0.947. The van der Waals surface area contributed by atoms with Crippen LogP contribution < -0.4 is 4.72 Å². The number of fused-ring (bicyclic) bond motifs is 1. The van der Waals surface area contributed by atoms with Gasteiger partial charge in [0, 0.05) is 5.39 Å². The molecular weight excluding hydrogens is 291 g/mol. The first kappa shape index (κ1) is 14.8. The number of alkyl halides is 3. The fraction of sp³-hybridized carbons (Fsp3) is 0.231. The van der Waals surface area contributed by atoms with E-state index in [4.69, 9.17) is 0 Å². The van der Waals surface area contributed by atoms with E-state index in [2.05, 4.69) is 0 Å². The average Bonchev–Trinajstić information content (AvgIpc) is 2.36. The number of benzene rings is 2. The molecule has 0 radical (unpaired) electrons. The highest BCUT2D eigenvalue weighted by Crippen LogP contribution is 2.25. The van der Waals surface area contributed by atoms with Crippen LogP contribution in [0, 0.1) is 0 Å². The Morgan fingerprint density at radius 3 is 2.30 bits per heavy atom. The van der Waals surface area contributed by atoms with Crippen molar-refractivity contribution in [2.45, 2.75) is 24.0 Å². The minimum Gasteiger partial charge on any atom is -0.207 e. The van der Waals surface area contributed by atoms with Crippen molar-refractivity contribution in [2.24, 2.45) is 0 Å². The maximum atomic E-state index is 12.5. The Labute approximate surface area is 114 Å². The summed E-state index contributed by atoms with van der Waals surface area (Å²) in [5, 5.41) is 1.03. The van der Waals surface area contributed by atoms with Crippen LogP contribution in [0.25, 0.3) is 10.8 Å². The predicted molar refractivity (Wildman–Crippen MR) is 69.8 cm³/mol. The SMILES string of the molecule is CC(NS(=O)(=O)c1cccc2ccccc12)C(F)(F)F. The molecule has 0 spiro atoms. The van der Waals surface area contributed by atoms with Gasteiger partial charge in [0.1, 0.15) is 6.04 Å². The molecule has 108 valence electrons. The Hall–Kier alpha value is -1.60. The lowest BCUT2D eigenvalue weighted by atomic mass is 10.1. The van der Waals surface area contributed by atoms with Crippen molar-refractivity contribution in [1.29, 1.82) is 0 Å². The van der Waals surface area contributed by atoms with E-state index in [-0.39, 0.29) is 4.90 Å². The molecule has 0 saturated heterocycles. The van der Waals surface area contributed by atoms with Gasteiger partial charge in [-0.3, -0.25) is 0 Å². The summed E-state index contributed by atoms with van der Waals surface area (Å²) < 4.78 is 63.3. The van der Waals surface area contributed by atoms with E-state index in [1.54, 1.807) is 35.1 Å². The van der Waals surface area contributed by atoms with Crippen LogP contribution in [0.4, 0.5) is 13.2 Å². The van der Waals surface area contributed by atoms with Crippen LogP contribution >= 0.6 is 0 Å². The van der Waals surface area contributed by atoms with Crippen LogP contribution in [0.15, 0.2) is 47.4 Å². The van der Waals surface area contributed by atoms with E-state index < -0.39 is 22.2 Å². The maximum Gasteiger partial charge on any atom is 0.404 e. The summed E-state index contributed by atoms with van der Waals surface area (Å²) in [6.07, 6.45) is -4.63. The van der Waals surface area contributed by atoms with Gasteiger partial charge in [-0.25, -0.2) is 8.42 Å². The lowest BCUT2D eigenvalue weighted by molar-refractivity contribution is -0.147. The summed E-state index contributed by atoms with van der Waals surface area (Å²) in [6.45, 7) is 0.767. The Morgan fingerprint density at radius 2 is 1.65 bits per heavy atom. The second kappa shape index (κ2) is 5.06. The van der Waals surface area contributed by atoms with E-state index in [0.717, 1.165) is 6.92 Å². The molecule has 0 heterocycles. The molecule has 2 aromatic rings. The van der Waals surface area contributed by atoms with Gasteiger partial charge in [0.15, 0.2) is 0 Å². The summed E-state index contributed by atoms with van der Waals surface area (Å²) in [4.78, 5) is -0.160. The van der Waals surface area contributed by atoms with E-state index in [1.807, 2.05) is 0 Å². The van der Waals surface area contributed by atoms with Gasteiger partial charge in [0.25, 0.3) is 0 Å². The minimum atomic E-state index is -4.63. The molecule has 1 unspecified atom stereocenters. The monoisotopic (exact) mass is 303 g/mol. The van der Waals surface area contributed by atoms with Crippen LogP contribution in [-0.2, 0) is 10.0 Å². The number of halogens is 3. The van der Waals surface area contributed by atoms with E-state index in [1.165, 1.54) is 12.1 Å². The number of sulfonamides is 1. The zero-order valence-electron chi connectivity index (χ0n) is 10.5. The first-order chi connectivity index (χ1) is 9.22. The van der Waals surface area contributed by atoms with Gasteiger partial charge in [0.05, 0.1) is 4.90 Å². The van der Waals surface area contributed by atoms with E-state index in [0.29, 0.717) is 10.8 Å². The van der Waals surface area contributed by atoms with Crippen molar-refractivity contribution >= 4 is 20.8 Å². The summed E-state index contributed by atoms with van der Waals surface area (Å²) in [7, 11) is -4.24. The van der Waals surface area contributed by atoms with Gasteiger partial charge in [0.2, 0.25) is 10.0 Å². The summed E-state index contributed by atoms with van der Waals surface area (Å²) >= 11 is 0. The average molecular weight is 303 g/mol. The fourth-order valence-corrected chi connectivity index (χ4v) is 3.25. The van der Waals surface area contributed by atoms with E-state index >= 15 is 0 Å². The molecule has 0 saturated carbocycles. The third kappa shape index (κ3) is 2.94. The predicted octanol–water partition coefficient (Wildman–Crippen LogP) is 3.07. The van der Waals surface area contributed by atoms with Crippen molar-refractivity contribution in [3.8, 4) is 0 Å². The van der Waals surface area contributed by atoms with Crippen LogP contribution in [-0.4, -0.2) is 20.6 Å². The highest BCUT2D eigenvalue weighted by molar-refractivity contribution is 7.89. The molecule has 0 fully saturated rings. The number of hydrogen-bond donors (Lipinski definition) is 1. The highest BCUT2D eigenvalue weighted by Gasteiger charge is 2.39. The Kier molecular flexibility index (Phi) is 3.75. The van der Waals surface area contributed by atoms with Gasteiger partial charge < -0.3 is 0 Å². The smallest absolute Gasteiger partial charge is 0.207 e. The van der Waals surface area contributed by atoms with Crippen LogP contribution in [0.2, 0.25) is 0 Å². The molecule has 0 bridgehead atoms. The molecule has 0 aliphatic carbocycles. The third-order valence-corrected chi connectivity index (χ3v) is 4.46. The molecule has 0 aromatic heterocycles. The fourth-order valence-electron chi connectivity index (χ4n) is 1.79. The standard InChI is InChI=1S/C13H12F3NO2S/c1-9(13(14,15)16)17-20(18,19)12-8-4-6-10-5-2-3-7-11(10)12/h2-9,17H,1H3. The van der Waals surface area contributed by atoms with E-state index in [9.17, 15) is 21.6 Å². The Morgan fingerprint density at radius 1 is 1.05 bits per heavy atom. The molecule has 0 amide bonds.